The fraction of sp³-hybridized carbons (Fsp3) is 0.400. The van der Waals surface area contributed by atoms with Crippen molar-refractivity contribution in [3.8, 4) is 0 Å². The van der Waals surface area contributed by atoms with Gasteiger partial charge in [0.15, 0.2) is 0 Å². The molecule has 1 atom stereocenters. The summed E-state index contributed by atoms with van der Waals surface area (Å²) in [7, 11) is 0. The van der Waals surface area contributed by atoms with Crippen molar-refractivity contribution < 1.29 is 8.91 Å². The molecule has 5 heteroatoms. The molecule has 1 unspecified atom stereocenters. The van der Waals surface area contributed by atoms with Crippen LogP contribution in [0.15, 0.2) is 39.5 Å². The van der Waals surface area contributed by atoms with Gasteiger partial charge in [-0.1, -0.05) is 33.9 Å². The summed E-state index contributed by atoms with van der Waals surface area (Å²) in [6.45, 7) is 0.627. The second kappa shape index (κ2) is 6.06. The monoisotopic (exact) mass is 338 g/mol. The number of rotatable bonds is 6. The standard InChI is InChI=1S/C15H16BrFN2O/c16-12-6-11(7-13(17)8-12)15(5-10-1-2-10)18-9-14-3-4-20-19-14/h3-4,6-8,10,15,18H,1-2,5,9H2. The van der Waals surface area contributed by atoms with E-state index in [0.29, 0.717) is 6.54 Å². The van der Waals surface area contributed by atoms with Gasteiger partial charge in [0.25, 0.3) is 0 Å². The number of hydrogen-bond donors (Lipinski definition) is 1. The lowest BCUT2D eigenvalue weighted by molar-refractivity contribution is 0.400. The fourth-order valence-corrected chi connectivity index (χ4v) is 2.84. The van der Waals surface area contributed by atoms with Gasteiger partial charge in [-0.2, -0.15) is 0 Å². The van der Waals surface area contributed by atoms with Gasteiger partial charge in [-0.3, -0.25) is 0 Å². The normalized spacial score (nSPS) is 16.3. The molecule has 1 fully saturated rings. The van der Waals surface area contributed by atoms with Crippen LogP contribution in [0.3, 0.4) is 0 Å². The van der Waals surface area contributed by atoms with E-state index in [9.17, 15) is 4.39 Å². The Labute approximate surface area is 125 Å². The summed E-state index contributed by atoms with van der Waals surface area (Å²) < 4.78 is 19.2. The molecule has 1 aliphatic rings. The first-order valence-electron chi connectivity index (χ1n) is 6.79. The number of benzene rings is 1. The molecule has 1 saturated carbocycles. The van der Waals surface area contributed by atoms with Gasteiger partial charge in [-0.25, -0.2) is 4.39 Å². The number of aromatic nitrogens is 1. The molecule has 20 heavy (non-hydrogen) atoms. The lowest BCUT2D eigenvalue weighted by Crippen LogP contribution is -2.22. The molecule has 1 heterocycles. The van der Waals surface area contributed by atoms with E-state index < -0.39 is 0 Å². The third-order valence-electron chi connectivity index (χ3n) is 3.57. The smallest absolute Gasteiger partial charge is 0.124 e. The molecule has 1 N–H and O–H groups in total. The molecule has 1 aliphatic carbocycles. The van der Waals surface area contributed by atoms with Crippen LogP contribution in [0, 0.1) is 11.7 Å². The summed E-state index contributed by atoms with van der Waals surface area (Å²) in [5.41, 5.74) is 1.84. The molecule has 0 saturated heterocycles. The van der Waals surface area contributed by atoms with E-state index in [-0.39, 0.29) is 11.9 Å². The lowest BCUT2D eigenvalue weighted by atomic mass is 10.0. The summed E-state index contributed by atoms with van der Waals surface area (Å²) >= 11 is 3.36. The van der Waals surface area contributed by atoms with Crippen LogP contribution in [-0.2, 0) is 6.54 Å². The zero-order valence-corrected chi connectivity index (χ0v) is 12.6. The molecular weight excluding hydrogens is 323 g/mol. The maximum atomic E-state index is 13.6. The third-order valence-corrected chi connectivity index (χ3v) is 4.03. The van der Waals surface area contributed by atoms with Crippen LogP contribution in [0.2, 0.25) is 0 Å². The highest BCUT2D eigenvalue weighted by atomic mass is 79.9. The maximum absolute atomic E-state index is 13.6. The van der Waals surface area contributed by atoms with Crippen LogP contribution >= 0.6 is 15.9 Å². The van der Waals surface area contributed by atoms with Gasteiger partial charge < -0.3 is 9.84 Å². The van der Waals surface area contributed by atoms with Crippen molar-refractivity contribution in [1.82, 2.24) is 10.5 Å². The third kappa shape index (κ3) is 3.67. The molecule has 0 spiro atoms. The molecule has 0 amide bonds. The van der Waals surface area contributed by atoms with Crippen LogP contribution < -0.4 is 5.32 Å². The minimum atomic E-state index is -0.210. The van der Waals surface area contributed by atoms with E-state index in [1.807, 2.05) is 12.1 Å². The van der Waals surface area contributed by atoms with Crippen LogP contribution in [-0.4, -0.2) is 5.16 Å². The quantitative estimate of drug-likeness (QED) is 0.857. The fourth-order valence-electron chi connectivity index (χ4n) is 2.36. The zero-order chi connectivity index (χ0) is 13.9. The first kappa shape index (κ1) is 13.8. The second-order valence-corrected chi connectivity index (χ2v) is 6.22. The van der Waals surface area contributed by atoms with Crippen molar-refractivity contribution in [2.75, 3.05) is 0 Å². The molecule has 3 nitrogen and oxygen atoms in total. The van der Waals surface area contributed by atoms with E-state index in [2.05, 4.69) is 26.4 Å². The topological polar surface area (TPSA) is 38.1 Å². The predicted molar refractivity (Wildman–Crippen MR) is 77.5 cm³/mol. The highest BCUT2D eigenvalue weighted by Crippen LogP contribution is 2.38. The van der Waals surface area contributed by atoms with Gasteiger partial charge in [0.2, 0.25) is 0 Å². The first-order valence-corrected chi connectivity index (χ1v) is 7.58. The molecule has 2 aromatic rings. The van der Waals surface area contributed by atoms with Crippen molar-refractivity contribution in [2.45, 2.75) is 31.8 Å². The highest BCUT2D eigenvalue weighted by molar-refractivity contribution is 9.10. The Bertz CT molecular complexity index is 549. The van der Waals surface area contributed by atoms with Gasteiger partial charge in [0.1, 0.15) is 12.1 Å². The van der Waals surface area contributed by atoms with Crippen molar-refractivity contribution in [1.29, 1.82) is 0 Å². The Hall–Kier alpha value is -1.20. The number of nitrogens with zero attached hydrogens (tertiary/aromatic N) is 1. The van der Waals surface area contributed by atoms with E-state index in [1.54, 1.807) is 12.3 Å². The SMILES string of the molecule is Fc1cc(Br)cc(C(CC2CC2)NCc2ccon2)c1. The molecule has 106 valence electrons. The van der Waals surface area contributed by atoms with E-state index in [0.717, 1.165) is 28.1 Å². The van der Waals surface area contributed by atoms with Crippen LogP contribution in [0.25, 0.3) is 0 Å². The Morgan fingerprint density at radius 3 is 2.90 bits per heavy atom. The van der Waals surface area contributed by atoms with Crippen LogP contribution in [0.4, 0.5) is 4.39 Å². The van der Waals surface area contributed by atoms with Crippen molar-refractivity contribution in [3.05, 3.63) is 52.1 Å². The second-order valence-electron chi connectivity index (χ2n) is 5.31. The summed E-state index contributed by atoms with van der Waals surface area (Å²) in [6, 6.07) is 7.04. The van der Waals surface area contributed by atoms with E-state index in [4.69, 9.17) is 4.52 Å². The van der Waals surface area contributed by atoms with E-state index in [1.165, 1.54) is 18.9 Å². The molecular formula is C15H16BrFN2O. The molecule has 0 bridgehead atoms. The van der Waals surface area contributed by atoms with Gasteiger partial charge >= 0.3 is 0 Å². The Balaban J connectivity index is 1.73. The lowest BCUT2D eigenvalue weighted by Gasteiger charge is -2.19. The van der Waals surface area contributed by atoms with Crippen molar-refractivity contribution >= 4 is 15.9 Å². The molecule has 1 aromatic carbocycles. The van der Waals surface area contributed by atoms with Gasteiger partial charge in [-0.15, -0.1) is 0 Å². The molecule has 0 radical (unpaired) electrons. The minimum Gasteiger partial charge on any atom is -0.364 e. The van der Waals surface area contributed by atoms with Crippen LogP contribution in [0.1, 0.15) is 36.6 Å². The Kier molecular flexibility index (Phi) is 4.17. The Morgan fingerprint density at radius 1 is 1.40 bits per heavy atom. The summed E-state index contributed by atoms with van der Waals surface area (Å²) in [5.74, 6) is 0.547. The van der Waals surface area contributed by atoms with Crippen molar-refractivity contribution in [3.63, 3.8) is 0 Å². The molecule has 3 rings (SSSR count). The van der Waals surface area contributed by atoms with Crippen molar-refractivity contribution in [2.24, 2.45) is 5.92 Å². The largest absolute Gasteiger partial charge is 0.364 e. The summed E-state index contributed by atoms with van der Waals surface area (Å²) in [6.07, 6.45) is 5.15. The minimum absolute atomic E-state index is 0.145. The van der Waals surface area contributed by atoms with Gasteiger partial charge in [-0.05, 0) is 36.1 Å². The number of nitrogens with one attached hydrogen (secondary N) is 1. The molecule has 0 aliphatic heterocycles. The number of hydrogen-bond acceptors (Lipinski definition) is 3. The first-order chi connectivity index (χ1) is 9.70. The maximum Gasteiger partial charge on any atom is 0.124 e. The average Bonchev–Trinajstić information content (AvgIpc) is 3.06. The van der Waals surface area contributed by atoms with E-state index >= 15 is 0 Å². The van der Waals surface area contributed by atoms with Gasteiger partial charge in [0, 0.05) is 23.1 Å². The molecule has 1 aromatic heterocycles. The zero-order valence-electron chi connectivity index (χ0n) is 11.0. The summed E-state index contributed by atoms with van der Waals surface area (Å²) in [5, 5.41) is 7.35. The summed E-state index contributed by atoms with van der Waals surface area (Å²) in [4.78, 5) is 0. The average molecular weight is 339 g/mol. The van der Waals surface area contributed by atoms with Gasteiger partial charge in [0.05, 0.1) is 5.69 Å². The van der Waals surface area contributed by atoms with Crippen LogP contribution in [0.5, 0.6) is 0 Å². The number of halogens is 2. The predicted octanol–water partition coefficient (Wildman–Crippen LogP) is 4.21. The Morgan fingerprint density at radius 2 is 2.25 bits per heavy atom. The highest BCUT2D eigenvalue weighted by Gasteiger charge is 2.26.